The average molecular weight is 273 g/mol. The molecule has 0 bridgehead atoms. The fourth-order valence-electron chi connectivity index (χ4n) is 0.375. The van der Waals surface area contributed by atoms with E-state index in [9.17, 15) is 9.59 Å². The molecule has 0 spiro atoms. The Bertz CT molecular complexity index is 174. The van der Waals surface area contributed by atoms with Crippen molar-refractivity contribution in [2.45, 2.75) is 20.3 Å². The predicted molar refractivity (Wildman–Crippen MR) is 51.7 cm³/mol. The van der Waals surface area contributed by atoms with Crippen molar-refractivity contribution in [1.29, 1.82) is 0 Å². The van der Waals surface area contributed by atoms with Gasteiger partial charge in [-0.1, -0.05) is 13.8 Å². The normalized spacial score (nSPS) is 9.64. The molecule has 1 atom stereocenters. The van der Waals surface area contributed by atoms with E-state index in [-0.39, 0.29) is 51.0 Å². The molecule has 0 aromatic carbocycles. The van der Waals surface area contributed by atoms with Crippen LogP contribution in [0.2, 0.25) is 0 Å². The number of esters is 1. The minimum absolute atomic E-state index is 0. The summed E-state index contributed by atoms with van der Waals surface area (Å²) in [5.41, 5.74) is 0.917. The van der Waals surface area contributed by atoms with Gasteiger partial charge in [-0.2, -0.15) is 0 Å². The molecule has 3 nitrogen and oxygen atoms in total. The molecule has 1 unspecified atom stereocenters. The molecule has 0 aliphatic heterocycles. The summed E-state index contributed by atoms with van der Waals surface area (Å²) in [6.45, 7) is 10.4. The molecule has 0 rings (SSSR count). The van der Waals surface area contributed by atoms with Crippen LogP contribution in [0.1, 0.15) is 20.3 Å². The Hall–Kier alpha value is -0.146. The Balaban J connectivity index is -0.000000209. The van der Waals surface area contributed by atoms with Crippen molar-refractivity contribution in [1.82, 2.24) is 0 Å². The monoisotopic (exact) mass is 273 g/mol. The van der Waals surface area contributed by atoms with E-state index < -0.39 is 0 Å². The molecule has 0 N–H and O–H groups in total. The van der Waals surface area contributed by atoms with E-state index in [1.165, 1.54) is 7.11 Å². The van der Waals surface area contributed by atoms with Crippen LogP contribution < -0.4 is 0 Å². The van der Waals surface area contributed by atoms with E-state index in [2.05, 4.69) is 18.2 Å². The van der Waals surface area contributed by atoms with Crippen molar-refractivity contribution in [3.8, 4) is 0 Å². The van der Waals surface area contributed by atoms with E-state index in [0.717, 1.165) is 5.57 Å². The molecule has 0 aliphatic rings. The molecule has 0 fully saturated rings. The quantitative estimate of drug-likeness (QED) is 0.580. The fourth-order valence-corrected chi connectivity index (χ4v) is 0.375. The SMILES string of the molecule is C=C([CH2-])C.COC(=O)CC(C)[C-]=O.[Y+3]. The number of allylic oxidation sites excluding steroid dienone is 1. The zero-order valence-electron chi connectivity index (χ0n) is 9.00. The van der Waals surface area contributed by atoms with Crippen LogP contribution in [0.4, 0.5) is 0 Å². The van der Waals surface area contributed by atoms with E-state index in [1.807, 2.05) is 6.92 Å². The van der Waals surface area contributed by atoms with Crippen LogP contribution in [0.15, 0.2) is 12.2 Å². The molecule has 0 aromatic heterocycles. The second-order valence-corrected chi connectivity index (χ2v) is 2.76. The molecule has 0 aromatic rings. The molecule has 76 valence electrons. The van der Waals surface area contributed by atoms with Crippen molar-refractivity contribution in [3.05, 3.63) is 19.1 Å². The van der Waals surface area contributed by atoms with Gasteiger partial charge in [0.1, 0.15) is 0 Å². The minimum atomic E-state index is -0.370. The van der Waals surface area contributed by atoms with Gasteiger partial charge >= 0.3 is 38.7 Å². The fraction of sp³-hybridized carbons (Fsp3) is 0.500. The summed E-state index contributed by atoms with van der Waals surface area (Å²) in [6, 6.07) is 0. The zero-order valence-corrected chi connectivity index (χ0v) is 11.8. The Morgan fingerprint density at radius 2 is 2.00 bits per heavy atom. The predicted octanol–water partition coefficient (Wildman–Crippen LogP) is 1.69. The summed E-state index contributed by atoms with van der Waals surface area (Å²) in [5.74, 6) is -0.719. The summed E-state index contributed by atoms with van der Waals surface area (Å²) in [7, 11) is 1.29. The maximum absolute atomic E-state index is 10.4. The van der Waals surface area contributed by atoms with Gasteiger partial charge in [0.25, 0.3) is 0 Å². The molecule has 0 saturated carbocycles. The van der Waals surface area contributed by atoms with Crippen LogP contribution in [0.25, 0.3) is 0 Å². The van der Waals surface area contributed by atoms with Crippen LogP contribution in [-0.2, 0) is 47.0 Å². The van der Waals surface area contributed by atoms with Crippen molar-refractivity contribution >= 4 is 12.3 Å². The molecule has 0 radical (unpaired) electrons. The van der Waals surface area contributed by atoms with Crippen LogP contribution in [-0.4, -0.2) is 19.4 Å². The first-order valence-corrected chi connectivity index (χ1v) is 3.86. The van der Waals surface area contributed by atoms with E-state index in [0.29, 0.717) is 0 Å². The molecule has 14 heavy (non-hydrogen) atoms. The summed E-state index contributed by atoms with van der Waals surface area (Å²) in [4.78, 5) is 20.2. The third-order valence-electron chi connectivity index (χ3n) is 0.902. The molecule has 0 saturated heterocycles. The van der Waals surface area contributed by atoms with Crippen molar-refractivity contribution in [2.24, 2.45) is 5.92 Å². The largest absolute Gasteiger partial charge is 3.00 e. The van der Waals surface area contributed by atoms with Gasteiger partial charge in [0.2, 0.25) is 0 Å². The van der Waals surface area contributed by atoms with Gasteiger partial charge in [0.05, 0.1) is 7.11 Å². The first kappa shape index (κ1) is 19.4. The van der Waals surface area contributed by atoms with Gasteiger partial charge in [-0.05, 0) is 0 Å². The van der Waals surface area contributed by atoms with Crippen LogP contribution in [0.5, 0.6) is 0 Å². The molecular formula is C10H16O3Y+. The first-order valence-electron chi connectivity index (χ1n) is 3.86. The van der Waals surface area contributed by atoms with E-state index in [4.69, 9.17) is 0 Å². The van der Waals surface area contributed by atoms with Gasteiger partial charge in [0, 0.05) is 6.42 Å². The smallest absolute Gasteiger partial charge is 0.542 e. The van der Waals surface area contributed by atoms with Gasteiger partial charge in [-0.25, -0.2) is 19.1 Å². The molecule has 4 heteroatoms. The standard InChI is InChI=1S/C6H9O3.C4H7.Y/c1-5(4-7)3-6(8)9-2;1-4(2)3;/h5H,3H2,1-2H3;1-2H2,3H3;/q2*-1;+3. The first-order chi connectivity index (χ1) is 5.93. The summed E-state index contributed by atoms with van der Waals surface area (Å²) < 4.78 is 4.30. The Morgan fingerprint density at radius 3 is 2.21 bits per heavy atom. The second-order valence-electron chi connectivity index (χ2n) is 2.76. The number of methoxy groups -OCH3 is 1. The maximum Gasteiger partial charge on any atom is 3.00 e. The number of carbonyl (C=O) groups is 1. The van der Waals surface area contributed by atoms with Crippen molar-refractivity contribution in [3.63, 3.8) is 0 Å². The zero-order chi connectivity index (χ0) is 10.9. The second kappa shape index (κ2) is 12.9. The number of rotatable bonds is 3. The molecule has 0 amide bonds. The summed E-state index contributed by atoms with van der Waals surface area (Å²) in [6.07, 6.45) is 1.80. The topological polar surface area (TPSA) is 43.4 Å². The minimum Gasteiger partial charge on any atom is -0.542 e. The van der Waals surface area contributed by atoms with E-state index >= 15 is 0 Å². The van der Waals surface area contributed by atoms with Gasteiger partial charge < -0.3 is 9.53 Å². The Labute approximate surface area is 111 Å². The average Bonchev–Trinajstić information content (AvgIpc) is 2.03. The third kappa shape index (κ3) is 22.6. The van der Waals surface area contributed by atoms with Crippen LogP contribution in [0.3, 0.4) is 0 Å². The van der Waals surface area contributed by atoms with Gasteiger partial charge in [-0.3, -0.25) is 11.1 Å². The van der Waals surface area contributed by atoms with Crippen LogP contribution >= 0.6 is 0 Å². The van der Waals surface area contributed by atoms with Crippen molar-refractivity contribution in [2.75, 3.05) is 7.11 Å². The van der Waals surface area contributed by atoms with Crippen molar-refractivity contribution < 1.29 is 47.0 Å². The van der Waals surface area contributed by atoms with E-state index in [1.54, 1.807) is 13.2 Å². The number of carbonyl (C=O) groups excluding carboxylic acids is 2. The number of ether oxygens (including phenoxy) is 1. The summed E-state index contributed by atoms with van der Waals surface area (Å²) >= 11 is 0. The Kier molecular flexibility index (Phi) is 17.8. The molecule has 0 aliphatic carbocycles. The maximum atomic E-state index is 10.4. The Morgan fingerprint density at radius 1 is 1.64 bits per heavy atom. The molecule has 0 heterocycles. The number of hydrogen-bond donors (Lipinski definition) is 0. The molecular weight excluding hydrogens is 257 g/mol. The van der Waals surface area contributed by atoms with Crippen LogP contribution in [0, 0.1) is 12.8 Å². The summed E-state index contributed by atoms with van der Waals surface area (Å²) in [5, 5.41) is 0. The third-order valence-corrected chi connectivity index (χ3v) is 0.902. The number of hydrogen-bond acceptors (Lipinski definition) is 3. The van der Waals surface area contributed by atoms with Gasteiger partial charge in [0.15, 0.2) is 0 Å². The van der Waals surface area contributed by atoms with Gasteiger partial charge in [-0.15, -0.1) is 5.92 Å².